The predicted octanol–water partition coefficient (Wildman–Crippen LogP) is 1.84. The summed E-state index contributed by atoms with van der Waals surface area (Å²) >= 11 is 0. The number of carbonyl (C=O) groups excluding carboxylic acids is 1. The summed E-state index contributed by atoms with van der Waals surface area (Å²) in [6.45, 7) is 3.63. The summed E-state index contributed by atoms with van der Waals surface area (Å²) in [6.07, 6.45) is 1.43. The lowest BCUT2D eigenvalue weighted by Crippen LogP contribution is -2.28. The number of nitrogen functional groups attached to an aromatic ring is 1. The molecule has 6 heteroatoms. The van der Waals surface area contributed by atoms with Gasteiger partial charge in [-0.15, -0.1) is 4.36 Å². The number of carbonyl (C=O) groups is 1. The summed E-state index contributed by atoms with van der Waals surface area (Å²) in [5, 5.41) is 2.57. The third-order valence-corrected chi connectivity index (χ3v) is 3.65. The highest BCUT2D eigenvalue weighted by Crippen LogP contribution is 2.13. The number of nitrogens with two attached hydrogens (primary N) is 1. The number of amides is 2. The van der Waals surface area contributed by atoms with Gasteiger partial charge >= 0.3 is 6.03 Å². The van der Waals surface area contributed by atoms with Crippen molar-refractivity contribution >= 4 is 21.4 Å². The van der Waals surface area contributed by atoms with E-state index in [2.05, 4.69) is 9.68 Å². The minimum Gasteiger partial charge on any atom is -0.399 e. The average molecular weight is 255 g/mol. The molecular formula is C11H17N3O2S. The molecule has 94 valence electrons. The lowest BCUT2D eigenvalue weighted by atomic mass is 10.3. The van der Waals surface area contributed by atoms with Crippen molar-refractivity contribution in [3.05, 3.63) is 24.3 Å². The van der Waals surface area contributed by atoms with Crippen molar-refractivity contribution in [3.8, 4) is 0 Å². The normalized spacial score (nSPS) is 14.1. The maximum atomic E-state index is 12.2. The molecule has 0 aliphatic carbocycles. The highest BCUT2D eigenvalue weighted by molar-refractivity contribution is 7.93. The first kappa shape index (κ1) is 13.5. The van der Waals surface area contributed by atoms with Gasteiger partial charge in [-0.05, 0) is 38.1 Å². The number of nitrogens with zero attached hydrogens (tertiary/aromatic N) is 1. The van der Waals surface area contributed by atoms with Crippen LogP contribution in [0.1, 0.15) is 13.8 Å². The van der Waals surface area contributed by atoms with Crippen molar-refractivity contribution in [2.24, 2.45) is 4.36 Å². The topological polar surface area (TPSA) is 84.5 Å². The van der Waals surface area contributed by atoms with Gasteiger partial charge < -0.3 is 11.1 Å². The molecule has 1 aromatic carbocycles. The third kappa shape index (κ3) is 4.07. The summed E-state index contributed by atoms with van der Waals surface area (Å²) in [5.41, 5.74) is 6.11. The molecule has 0 aliphatic rings. The first-order valence-corrected chi connectivity index (χ1v) is 7.12. The van der Waals surface area contributed by atoms with Crippen LogP contribution < -0.4 is 11.1 Å². The van der Waals surface area contributed by atoms with Crippen LogP contribution in [0.3, 0.4) is 0 Å². The second-order valence-electron chi connectivity index (χ2n) is 4.07. The Bertz CT molecular complexity index is 514. The largest absolute Gasteiger partial charge is 0.399 e. The summed E-state index contributed by atoms with van der Waals surface area (Å²) in [5.74, 6) is 0. The van der Waals surface area contributed by atoms with E-state index in [4.69, 9.17) is 5.73 Å². The Kier molecular flexibility index (Phi) is 4.11. The molecular weight excluding hydrogens is 238 g/mol. The summed E-state index contributed by atoms with van der Waals surface area (Å²) in [4.78, 5) is 11.9. The van der Waals surface area contributed by atoms with Gasteiger partial charge in [0.15, 0.2) is 0 Å². The minimum atomic E-state index is -2.71. The van der Waals surface area contributed by atoms with E-state index in [1.54, 1.807) is 24.3 Å². The van der Waals surface area contributed by atoms with Gasteiger partial charge in [-0.3, -0.25) is 0 Å². The van der Waals surface area contributed by atoms with Gasteiger partial charge in [-0.2, -0.15) is 0 Å². The Morgan fingerprint density at radius 3 is 2.35 bits per heavy atom. The highest BCUT2D eigenvalue weighted by Gasteiger charge is 2.09. The predicted molar refractivity (Wildman–Crippen MR) is 69.3 cm³/mol. The second kappa shape index (κ2) is 5.18. The Hall–Kier alpha value is -1.56. The van der Waals surface area contributed by atoms with E-state index in [1.807, 2.05) is 13.8 Å². The lowest BCUT2D eigenvalue weighted by Gasteiger charge is -2.07. The van der Waals surface area contributed by atoms with E-state index in [0.717, 1.165) is 0 Å². The fourth-order valence-electron chi connectivity index (χ4n) is 1.20. The minimum absolute atomic E-state index is 0.0344. The molecule has 3 N–H and O–H groups in total. The Balaban J connectivity index is 3.02. The van der Waals surface area contributed by atoms with E-state index in [1.165, 1.54) is 6.26 Å². The summed E-state index contributed by atoms with van der Waals surface area (Å²) in [7, 11) is -2.71. The Labute approximate surface area is 102 Å². The zero-order valence-electron chi connectivity index (χ0n) is 10.1. The molecule has 0 fully saturated rings. The number of nitrogens with one attached hydrogen (secondary N) is 1. The molecule has 0 spiro atoms. The van der Waals surface area contributed by atoms with Gasteiger partial charge in [0.1, 0.15) is 0 Å². The fourth-order valence-corrected chi connectivity index (χ4v) is 2.32. The molecule has 1 rings (SSSR count). The zero-order valence-corrected chi connectivity index (χ0v) is 11.0. The van der Waals surface area contributed by atoms with E-state index in [0.29, 0.717) is 10.6 Å². The molecule has 0 heterocycles. The number of benzene rings is 1. The molecule has 0 saturated carbocycles. The van der Waals surface area contributed by atoms with Gasteiger partial charge in [0.2, 0.25) is 0 Å². The third-order valence-electron chi connectivity index (χ3n) is 1.99. The van der Waals surface area contributed by atoms with Gasteiger partial charge in [0.05, 0.1) is 9.73 Å². The first-order valence-electron chi connectivity index (χ1n) is 5.19. The molecule has 0 bridgehead atoms. The molecule has 0 saturated heterocycles. The molecule has 1 aromatic rings. The van der Waals surface area contributed by atoms with Crippen molar-refractivity contribution < 1.29 is 9.00 Å². The number of hydrogen-bond donors (Lipinski definition) is 2. The molecule has 0 aliphatic heterocycles. The molecule has 0 radical (unpaired) electrons. The Morgan fingerprint density at radius 2 is 1.88 bits per heavy atom. The smallest absolute Gasteiger partial charge is 0.349 e. The van der Waals surface area contributed by atoms with Crippen LogP contribution in [0.25, 0.3) is 0 Å². The van der Waals surface area contributed by atoms with Crippen LogP contribution in [0.2, 0.25) is 0 Å². The van der Waals surface area contributed by atoms with Crippen molar-refractivity contribution in [1.29, 1.82) is 0 Å². The maximum Gasteiger partial charge on any atom is 0.349 e. The molecule has 1 atom stereocenters. The number of urea groups is 1. The molecule has 17 heavy (non-hydrogen) atoms. The molecule has 0 aromatic heterocycles. The van der Waals surface area contributed by atoms with Gasteiger partial charge in [0, 0.05) is 22.9 Å². The van der Waals surface area contributed by atoms with Crippen LogP contribution in [0, 0.1) is 0 Å². The standard InChI is InChI=1S/C11H17N3O2S/c1-8(2)13-11(15)14-17(3,16)10-6-4-9(12)5-7-10/h4-8H,12H2,1-3H3,(H,13,15). The second-order valence-corrected chi connectivity index (χ2v) is 6.33. The van der Waals surface area contributed by atoms with Crippen molar-refractivity contribution in [3.63, 3.8) is 0 Å². The first-order chi connectivity index (χ1) is 7.81. The monoisotopic (exact) mass is 255 g/mol. The van der Waals surface area contributed by atoms with Crippen LogP contribution in [0.5, 0.6) is 0 Å². The zero-order chi connectivity index (χ0) is 13.1. The SMILES string of the molecule is CC(C)NC(=O)N=S(C)(=O)c1ccc(N)cc1. The van der Waals surface area contributed by atoms with E-state index >= 15 is 0 Å². The average Bonchev–Trinajstić information content (AvgIpc) is 2.15. The van der Waals surface area contributed by atoms with Gasteiger partial charge in [-0.1, -0.05) is 0 Å². The van der Waals surface area contributed by atoms with E-state index in [9.17, 15) is 9.00 Å². The van der Waals surface area contributed by atoms with Crippen molar-refractivity contribution in [2.45, 2.75) is 24.8 Å². The lowest BCUT2D eigenvalue weighted by molar-refractivity contribution is 0.247. The highest BCUT2D eigenvalue weighted by atomic mass is 32.2. The van der Waals surface area contributed by atoms with Crippen LogP contribution in [-0.2, 0) is 9.73 Å². The number of anilines is 1. The van der Waals surface area contributed by atoms with Crippen LogP contribution in [0.4, 0.5) is 10.5 Å². The van der Waals surface area contributed by atoms with Crippen molar-refractivity contribution in [2.75, 3.05) is 12.0 Å². The maximum absolute atomic E-state index is 12.2. The quantitative estimate of drug-likeness (QED) is 0.791. The summed E-state index contributed by atoms with van der Waals surface area (Å²) < 4.78 is 15.9. The van der Waals surface area contributed by atoms with Crippen molar-refractivity contribution in [1.82, 2.24) is 5.32 Å². The number of rotatable bonds is 2. The molecule has 1 unspecified atom stereocenters. The van der Waals surface area contributed by atoms with Gasteiger partial charge in [-0.25, -0.2) is 9.00 Å². The number of hydrogen-bond acceptors (Lipinski definition) is 3. The molecule has 5 nitrogen and oxygen atoms in total. The fraction of sp³-hybridized carbons (Fsp3) is 0.364. The van der Waals surface area contributed by atoms with Crippen LogP contribution in [-0.4, -0.2) is 22.5 Å². The van der Waals surface area contributed by atoms with Gasteiger partial charge in [0.25, 0.3) is 0 Å². The Morgan fingerprint density at radius 1 is 1.35 bits per heavy atom. The van der Waals surface area contributed by atoms with Crippen LogP contribution >= 0.6 is 0 Å². The van der Waals surface area contributed by atoms with E-state index < -0.39 is 15.8 Å². The summed E-state index contributed by atoms with van der Waals surface area (Å²) in [6, 6.07) is 5.90. The van der Waals surface area contributed by atoms with Crippen LogP contribution in [0.15, 0.2) is 33.5 Å². The van der Waals surface area contributed by atoms with E-state index in [-0.39, 0.29) is 6.04 Å². The molecule has 2 amide bonds.